The van der Waals surface area contributed by atoms with Gasteiger partial charge in [-0.05, 0) is 18.0 Å². The van der Waals surface area contributed by atoms with E-state index in [0.29, 0.717) is 18.4 Å². The number of hydrogen-bond acceptors (Lipinski definition) is 6. The van der Waals surface area contributed by atoms with E-state index in [-0.39, 0.29) is 5.41 Å². The quantitative estimate of drug-likeness (QED) is 0.815. The van der Waals surface area contributed by atoms with Crippen LogP contribution < -0.4 is 10.6 Å². The van der Waals surface area contributed by atoms with Crippen molar-refractivity contribution in [1.82, 2.24) is 10.1 Å². The monoisotopic (exact) mass is 238 g/mol. The second-order valence-corrected chi connectivity index (χ2v) is 4.84. The number of aromatic nitrogens is 2. The summed E-state index contributed by atoms with van der Waals surface area (Å²) in [6.07, 6.45) is 3.33. The molecule has 0 radical (unpaired) electrons. The third-order valence-corrected chi connectivity index (χ3v) is 3.86. The van der Waals surface area contributed by atoms with E-state index in [1.807, 2.05) is 0 Å². The zero-order chi connectivity index (χ0) is 11.7. The van der Waals surface area contributed by atoms with Gasteiger partial charge >= 0.3 is 0 Å². The molecule has 1 aliphatic heterocycles. The Bertz CT molecular complexity index is 377. The summed E-state index contributed by atoms with van der Waals surface area (Å²) in [6.45, 7) is 3.71. The van der Waals surface area contributed by atoms with E-state index in [1.165, 1.54) is 6.42 Å². The maximum absolute atomic E-state index is 5.83. The normalized spacial score (nSPS) is 23.5. The maximum atomic E-state index is 5.83. The van der Waals surface area contributed by atoms with Crippen LogP contribution in [0.5, 0.6) is 0 Å². The van der Waals surface area contributed by atoms with E-state index in [1.54, 1.807) is 0 Å². The molecule has 0 spiro atoms. The number of rotatable bonds is 3. The molecule has 2 N–H and O–H groups in total. The molecule has 17 heavy (non-hydrogen) atoms. The molecular formula is C11H18N4O2. The van der Waals surface area contributed by atoms with E-state index < -0.39 is 0 Å². The zero-order valence-corrected chi connectivity index (χ0v) is 9.89. The first-order valence-electron chi connectivity index (χ1n) is 6.21. The minimum absolute atomic E-state index is 0.0441. The third-order valence-electron chi connectivity index (χ3n) is 3.86. The summed E-state index contributed by atoms with van der Waals surface area (Å²) in [6, 6.07) is 0. The second-order valence-electron chi connectivity index (χ2n) is 4.84. The summed E-state index contributed by atoms with van der Waals surface area (Å²) < 4.78 is 10.7. The molecular weight excluding hydrogens is 220 g/mol. The SMILES string of the molecule is NCC1(c2nc(N3CCOCC3)no2)CCC1. The van der Waals surface area contributed by atoms with Crippen LogP contribution in [0.4, 0.5) is 5.95 Å². The number of hydrogen-bond donors (Lipinski definition) is 1. The fraction of sp³-hybridized carbons (Fsp3) is 0.818. The van der Waals surface area contributed by atoms with Crippen LogP contribution in [0.1, 0.15) is 25.2 Å². The van der Waals surface area contributed by atoms with Crippen LogP contribution >= 0.6 is 0 Å². The molecule has 1 saturated carbocycles. The highest BCUT2D eigenvalue weighted by Gasteiger charge is 2.42. The van der Waals surface area contributed by atoms with Gasteiger partial charge in [-0.25, -0.2) is 0 Å². The predicted octanol–water partition coefficient (Wildman–Crippen LogP) is 0.287. The molecule has 2 aliphatic rings. The molecule has 1 aromatic heterocycles. The number of anilines is 1. The molecule has 94 valence electrons. The topological polar surface area (TPSA) is 77.4 Å². The number of nitrogens with two attached hydrogens (primary N) is 1. The Morgan fingerprint density at radius 3 is 2.65 bits per heavy atom. The molecule has 2 fully saturated rings. The number of morpholine rings is 1. The first kappa shape index (κ1) is 11.0. The summed E-state index contributed by atoms with van der Waals surface area (Å²) in [5.41, 5.74) is 5.78. The van der Waals surface area contributed by atoms with Gasteiger partial charge in [-0.3, -0.25) is 0 Å². The van der Waals surface area contributed by atoms with Crippen LogP contribution in [-0.2, 0) is 10.2 Å². The van der Waals surface area contributed by atoms with E-state index in [2.05, 4.69) is 15.0 Å². The van der Waals surface area contributed by atoms with E-state index in [4.69, 9.17) is 15.0 Å². The summed E-state index contributed by atoms with van der Waals surface area (Å²) in [7, 11) is 0. The molecule has 0 amide bonds. The molecule has 1 saturated heterocycles. The molecule has 6 heteroatoms. The van der Waals surface area contributed by atoms with Crippen molar-refractivity contribution < 1.29 is 9.26 Å². The second kappa shape index (κ2) is 4.27. The highest BCUT2D eigenvalue weighted by atomic mass is 16.5. The van der Waals surface area contributed by atoms with Crippen molar-refractivity contribution in [2.45, 2.75) is 24.7 Å². The Morgan fingerprint density at radius 2 is 2.06 bits per heavy atom. The van der Waals surface area contributed by atoms with E-state index >= 15 is 0 Å². The Labute approximate surface area is 100 Å². The minimum Gasteiger partial charge on any atom is -0.378 e. The van der Waals surface area contributed by atoms with Gasteiger partial charge in [-0.2, -0.15) is 4.98 Å². The molecule has 6 nitrogen and oxygen atoms in total. The van der Waals surface area contributed by atoms with Crippen molar-refractivity contribution in [2.75, 3.05) is 37.7 Å². The van der Waals surface area contributed by atoms with Crippen molar-refractivity contribution in [3.8, 4) is 0 Å². The molecule has 2 heterocycles. The average Bonchev–Trinajstić information content (AvgIpc) is 2.80. The Balaban J connectivity index is 1.77. The van der Waals surface area contributed by atoms with Gasteiger partial charge in [0.05, 0.1) is 18.6 Å². The van der Waals surface area contributed by atoms with Gasteiger partial charge in [0.2, 0.25) is 5.89 Å². The Morgan fingerprint density at radius 1 is 1.29 bits per heavy atom. The van der Waals surface area contributed by atoms with E-state index in [9.17, 15) is 0 Å². The lowest BCUT2D eigenvalue weighted by molar-refractivity contribution is 0.121. The highest BCUT2D eigenvalue weighted by Crippen LogP contribution is 2.42. The standard InChI is InChI=1S/C11H18N4O2/c12-8-11(2-1-3-11)9-13-10(14-17-9)15-4-6-16-7-5-15/h1-8,12H2. The Hall–Kier alpha value is -1.14. The van der Waals surface area contributed by atoms with Gasteiger partial charge in [0, 0.05) is 19.6 Å². The van der Waals surface area contributed by atoms with Crippen molar-refractivity contribution >= 4 is 5.95 Å². The predicted molar refractivity (Wildman–Crippen MR) is 61.9 cm³/mol. The summed E-state index contributed by atoms with van der Waals surface area (Å²) in [5.74, 6) is 1.40. The van der Waals surface area contributed by atoms with Crippen molar-refractivity contribution in [2.24, 2.45) is 5.73 Å². The lowest BCUT2D eigenvalue weighted by Crippen LogP contribution is -2.42. The first-order chi connectivity index (χ1) is 8.34. The minimum atomic E-state index is -0.0441. The van der Waals surface area contributed by atoms with E-state index in [0.717, 1.165) is 39.1 Å². The van der Waals surface area contributed by atoms with Gasteiger partial charge in [-0.1, -0.05) is 6.42 Å². The highest BCUT2D eigenvalue weighted by molar-refractivity contribution is 5.30. The number of nitrogens with zero attached hydrogens (tertiary/aromatic N) is 3. The largest absolute Gasteiger partial charge is 0.378 e. The van der Waals surface area contributed by atoms with Crippen molar-refractivity contribution in [3.05, 3.63) is 5.89 Å². The molecule has 1 aromatic rings. The molecule has 0 atom stereocenters. The zero-order valence-electron chi connectivity index (χ0n) is 9.89. The maximum Gasteiger partial charge on any atom is 0.266 e. The smallest absolute Gasteiger partial charge is 0.266 e. The molecule has 0 unspecified atom stereocenters. The molecule has 0 bridgehead atoms. The summed E-state index contributed by atoms with van der Waals surface area (Å²) in [4.78, 5) is 6.61. The van der Waals surface area contributed by atoms with Gasteiger partial charge in [0.25, 0.3) is 5.95 Å². The lowest BCUT2D eigenvalue weighted by Gasteiger charge is -2.36. The van der Waals surface area contributed by atoms with Gasteiger partial charge < -0.3 is 19.9 Å². The van der Waals surface area contributed by atoms with Crippen LogP contribution in [0.25, 0.3) is 0 Å². The average molecular weight is 238 g/mol. The molecule has 0 aromatic carbocycles. The Kier molecular flexibility index (Phi) is 2.76. The fourth-order valence-electron chi connectivity index (χ4n) is 2.43. The summed E-state index contributed by atoms with van der Waals surface area (Å²) >= 11 is 0. The first-order valence-corrected chi connectivity index (χ1v) is 6.21. The number of ether oxygens (including phenoxy) is 1. The molecule has 1 aliphatic carbocycles. The van der Waals surface area contributed by atoms with Crippen LogP contribution in [0, 0.1) is 0 Å². The third kappa shape index (κ3) is 1.81. The van der Waals surface area contributed by atoms with Crippen LogP contribution in [-0.4, -0.2) is 43.0 Å². The van der Waals surface area contributed by atoms with Crippen LogP contribution in [0.15, 0.2) is 4.52 Å². The van der Waals surface area contributed by atoms with Gasteiger partial charge in [0.1, 0.15) is 0 Å². The van der Waals surface area contributed by atoms with Gasteiger partial charge in [0.15, 0.2) is 0 Å². The fourth-order valence-corrected chi connectivity index (χ4v) is 2.43. The van der Waals surface area contributed by atoms with Crippen LogP contribution in [0.3, 0.4) is 0 Å². The van der Waals surface area contributed by atoms with Crippen LogP contribution in [0.2, 0.25) is 0 Å². The van der Waals surface area contributed by atoms with Crippen molar-refractivity contribution in [1.29, 1.82) is 0 Å². The molecule has 3 rings (SSSR count). The lowest BCUT2D eigenvalue weighted by atomic mass is 9.69. The summed E-state index contributed by atoms with van der Waals surface area (Å²) in [5, 5.41) is 4.06. The van der Waals surface area contributed by atoms with Crippen molar-refractivity contribution in [3.63, 3.8) is 0 Å². The van der Waals surface area contributed by atoms with Gasteiger partial charge in [-0.15, -0.1) is 0 Å².